The van der Waals surface area contributed by atoms with E-state index in [2.05, 4.69) is 0 Å². The van der Waals surface area contributed by atoms with E-state index in [0.29, 0.717) is 0 Å². The largest absolute Gasteiger partial charge is 0.394 e. The van der Waals surface area contributed by atoms with Crippen LogP contribution in [0.3, 0.4) is 0 Å². The first-order valence-electron chi connectivity index (χ1n) is 5.40. The molecule has 0 saturated heterocycles. The number of likely N-dealkylation sites (N-methyl/N-ethyl adjacent to an activating group) is 1. The lowest BCUT2D eigenvalue weighted by Gasteiger charge is -2.33. The second kappa shape index (κ2) is 4.77. The third-order valence-corrected chi connectivity index (χ3v) is 3.02. The number of hydrogen-bond donors (Lipinski definition) is 1. The molecule has 1 aromatic heterocycles. The first-order valence-corrected chi connectivity index (χ1v) is 5.40. The summed E-state index contributed by atoms with van der Waals surface area (Å²) >= 11 is 0. The van der Waals surface area contributed by atoms with Gasteiger partial charge in [0.15, 0.2) is 0 Å². The van der Waals surface area contributed by atoms with Gasteiger partial charge in [-0.2, -0.15) is 0 Å². The van der Waals surface area contributed by atoms with Crippen LogP contribution in [0.2, 0.25) is 0 Å². The molecule has 0 aromatic carbocycles. The number of aromatic nitrogens is 1. The minimum absolute atomic E-state index is 0.129. The Bertz CT molecular complexity index is 479. The molecular weight excluding hydrogens is 238 g/mol. The molecule has 7 nitrogen and oxygen atoms in total. The Morgan fingerprint density at radius 1 is 1.61 bits per heavy atom. The Morgan fingerprint density at radius 2 is 2.17 bits per heavy atom. The summed E-state index contributed by atoms with van der Waals surface area (Å²) in [4.78, 5) is 23.6. The van der Waals surface area contributed by atoms with Crippen LogP contribution in [0.5, 0.6) is 0 Å². The van der Waals surface area contributed by atoms with Crippen molar-refractivity contribution in [1.82, 2.24) is 9.47 Å². The van der Waals surface area contributed by atoms with E-state index in [9.17, 15) is 20.0 Å². The van der Waals surface area contributed by atoms with Gasteiger partial charge in [-0.05, 0) is 13.8 Å². The molecule has 0 saturated carbocycles. The highest BCUT2D eigenvalue weighted by molar-refractivity contribution is 5.93. The van der Waals surface area contributed by atoms with Gasteiger partial charge in [0.2, 0.25) is 0 Å². The van der Waals surface area contributed by atoms with E-state index in [0.717, 1.165) is 0 Å². The molecule has 1 N–H and O–H groups in total. The molecule has 0 radical (unpaired) electrons. The first kappa shape index (κ1) is 14.2. The zero-order chi connectivity index (χ0) is 14.1. The Labute approximate surface area is 105 Å². The van der Waals surface area contributed by atoms with Crippen molar-refractivity contribution in [2.75, 3.05) is 13.7 Å². The zero-order valence-corrected chi connectivity index (χ0v) is 10.9. The van der Waals surface area contributed by atoms with E-state index in [4.69, 9.17) is 0 Å². The lowest BCUT2D eigenvalue weighted by molar-refractivity contribution is -0.384. The highest BCUT2D eigenvalue weighted by atomic mass is 16.6. The molecule has 0 aliphatic carbocycles. The number of rotatable bonds is 4. The Balaban J connectivity index is 3.08. The number of nitro groups is 1. The molecule has 0 spiro atoms. The number of carbonyl (C=O) groups excluding carboxylic acids is 1. The summed E-state index contributed by atoms with van der Waals surface area (Å²) in [7, 11) is 3.12. The molecule has 1 aromatic rings. The van der Waals surface area contributed by atoms with Gasteiger partial charge in [0.25, 0.3) is 11.6 Å². The fourth-order valence-electron chi connectivity index (χ4n) is 1.41. The van der Waals surface area contributed by atoms with Crippen molar-refractivity contribution in [3.05, 3.63) is 28.1 Å². The number of aryl methyl sites for hydroxylation is 1. The van der Waals surface area contributed by atoms with Gasteiger partial charge in [0, 0.05) is 20.2 Å². The lowest BCUT2D eigenvalue weighted by atomic mass is 10.0. The van der Waals surface area contributed by atoms with E-state index < -0.39 is 10.5 Å². The Hall–Kier alpha value is -1.89. The van der Waals surface area contributed by atoms with Crippen LogP contribution >= 0.6 is 0 Å². The van der Waals surface area contributed by atoms with Gasteiger partial charge in [-0.15, -0.1) is 0 Å². The summed E-state index contributed by atoms with van der Waals surface area (Å²) in [6, 6.07) is 1.23. The van der Waals surface area contributed by atoms with Gasteiger partial charge in [0.05, 0.1) is 23.3 Å². The molecular formula is C11H17N3O4. The highest BCUT2D eigenvalue weighted by Gasteiger charge is 2.30. The molecule has 18 heavy (non-hydrogen) atoms. The predicted molar refractivity (Wildman–Crippen MR) is 65.3 cm³/mol. The molecule has 0 aliphatic heterocycles. The normalized spacial score (nSPS) is 11.4. The van der Waals surface area contributed by atoms with E-state index in [1.807, 2.05) is 0 Å². The van der Waals surface area contributed by atoms with Crippen molar-refractivity contribution in [3.8, 4) is 0 Å². The van der Waals surface area contributed by atoms with E-state index in [1.165, 1.54) is 21.7 Å². The number of nitrogens with zero attached hydrogens (tertiary/aromatic N) is 3. The van der Waals surface area contributed by atoms with Crippen molar-refractivity contribution < 1.29 is 14.8 Å². The molecule has 0 unspecified atom stereocenters. The third-order valence-electron chi connectivity index (χ3n) is 3.02. The molecule has 0 atom stereocenters. The van der Waals surface area contributed by atoms with Crippen molar-refractivity contribution in [2.45, 2.75) is 19.4 Å². The van der Waals surface area contributed by atoms with Crippen LogP contribution in [0.15, 0.2) is 12.3 Å². The standard InChI is InChI=1S/C11H17N3O4/c1-11(2,7-15)13(4)10(16)9-5-8(14(17)18)6-12(9)3/h5-6,15H,7H2,1-4H3. The third kappa shape index (κ3) is 2.51. The molecule has 0 aliphatic rings. The van der Waals surface area contributed by atoms with Crippen LogP contribution in [0.4, 0.5) is 5.69 Å². The van der Waals surface area contributed by atoms with Gasteiger partial charge >= 0.3 is 0 Å². The fraction of sp³-hybridized carbons (Fsp3) is 0.545. The van der Waals surface area contributed by atoms with Crippen molar-refractivity contribution in [1.29, 1.82) is 0 Å². The monoisotopic (exact) mass is 255 g/mol. The van der Waals surface area contributed by atoms with Crippen molar-refractivity contribution in [2.24, 2.45) is 7.05 Å². The molecule has 1 heterocycles. The maximum Gasteiger partial charge on any atom is 0.287 e. The number of amides is 1. The van der Waals surface area contributed by atoms with Gasteiger partial charge in [-0.3, -0.25) is 14.9 Å². The Kier molecular flexibility index (Phi) is 3.76. The molecule has 0 fully saturated rings. The molecule has 0 bridgehead atoms. The highest BCUT2D eigenvalue weighted by Crippen LogP contribution is 2.20. The molecule has 1 amide bonds. The minimum Gasteiger partial charge on any atom is -0.394 e. The second-order valence-corrected chi connectivity index (χ2v) is 4.79. The second-order valence-electron chi connectivity index (χ2n) is 4.79. The number of aliphatic hydroxyl groups excluding tert-OH is 1. The summed E-state index contributed by atoms with van der Waals surface area (Å²) in [5.41, 5.74) is -0.641. The van der Waals surface area contributed by atoms with E-state index >= 15 is 0 Å². The van der Waals surface area contributed by atoms with Crippen molar-refractivity contribution >= 4 is 11.6 Å². The minimum atomic E-state index is -0.726. The Morgan fingerprint density at radius 3 is 2.56 bits per heavy atom. The molecule has 1 rings (SSSR count). The summed E-state index contributed by atoms with van der Waals surface area (Å²) in [5, 5.41) is 19.9. The quantitative estimate of drug-likeness (QED) is 0.636. The predicted octanol–water partition coefficient (Wildman–Crippen LogP) is 0.776. The number of carbonyl (C=O) groups is 1. The van der Waals surface area contributed by atoms with Crippen LogP contribution < -0.4 is 0 Å². The van der Waals surface area contributed by atoms with E-state index in [-0.39, 0.29) is 23.9 Å². The first-order chi connectivity index (χ1) is 8.20. The van der Waals surface area contributed by atoms with Crippen LogP contribution in [0.1, 0.15) is 24.3 Å². The van der Waals surface area contributed by atoms with Crippen LogP contribution in [0, 0.1) is 10.1 Å². The maximum absolute atomic E-state index is 12.2. The smallest absolute Gasteiger partial charge is 0.287 e. The molecule has 7 heteroatoms. The van der Waals surface area contributed by atoms with Gasteiger partial charge < -0.3 is 14.6 Å². The lowest BCUT2D eigenvalue weighted by Crippen LogP contribution is -2.48. The van der Waals surface area contributed by atoms with Gasteiger partial charge in [-0.25, -0.2) is 0 Å². The van der Waals surface area contributed by atoms with Crippen LogP contribution in [-0.4, -0.2) is 44.6 Å². The number of hydrogen-bond acceptors (Lipinski definition) is 4. The number of aliphatic hydroxyl groups is 1. The zero-order valence-electron chi connectivity index (χ0n) is 10.9. The van der Waals surface area contributed by atoms with Gasteiger partial charge in [-0.1, -0.05) is 0 Å². The average molecular weight is 255 g/mol. The van der Waals surface area contributed by atoms with Crippen molar-refractivity contribution in [3.63, 3.8) is 0 Å². The topological polar surface area (TPSA) is 88.6 Å². The SMILES string of the molecule is CN(C(=O)c1cc([N+](=O)[O-])cn1C)C(C)(C)CO. The fourth-order valence-corrected chi connectivity index (χ4v) is 1.41. The average Bonchev–Trinajstić information content (AvgIpc) is 2.69. The van der Waals surface area contributed by atoms with E-state index in [1.54, 1.807) is 27.9 Å². The molecule has 100 valence electrons. The summed E-state index contributed by atoms with van der Waals surface area (Å²) < 4.78 is 1.41. The summed E-state index contributed by atoms with van der Waals surface area (Å²) in [5.74, 6) is -0.371. The van der Waals surface area contributed by atoms with Crippen LogP contribution in [0.25, 0.3) is 0 Å². The van der Waals surface area contributed by atoms with Gasteiger partial charge in [0.1, 0.15) is 5.69 Å². The summed E-state index contributed by atoms with van der Waals surface area (Å²) in [6.07, 6.45) is 1.28. The van der Waals surface area contributed by atoms with Crippen LogP contribution in [-0.2, 0) is 7.05 Å². The summed E-state index contributed by atoms with van der Waals surface area (Å²) in [6.45, 7) is 3.23. The maximum atomic E-state index is 12.2.